The SMILES string of the molecule is O=C(NCc1ccc(Cl)cc1)c1sccc1C#CCO. The number of rotatable bonds is 3. The van der Waals surface area contributed by atoms with E-state index in [9.17, 15) is 4.79 Å². The number of benzene rings is 1. The van der Waals surface area contributed by atoms with E-state index < -0.39 is 0 Å². The van der Waals surface area contributed by atoms with Crippen molar-refractivity contribution in [2.24, 2.45) is 0 Å². The van der Waals surface area contributed by atoms with Crippen molar-refractivity contribution in [2.45, 2.75) is 6.54 Å². The third kappa shape index (κ3) is 3.84. The van der Waals surface area contributed by atoms with Gasteiger partial charge in [-0.25, -0.2) is 0 Å². The molecule has 0 saturated heterocycles. The summed E-state index contributed by atoms with van der Waals surface area (Å²) in [6.07, 6.45) is 0. The molecule has 0 aliphatic carbocycles. The van der Waals surface area contributed by atoms with E-state index in [-0.39, 0.29) is 12.5 Å². The number of carbonyl (C=O) groups is 1. The van der Waals surface area contributed by atoms with Crippen LogP contribution in [-0.2, 0) is 6.54 Å². The molecule has 1 amide bonds. The first kappa shape index (κ1) is 14.6. The van der Waals surface area contributed by atoms with Crippen molar-refractivity contribution in [1.29, 1.82) is 0 Å². The van der Waals surface area contributed by atoms with Gasteiger partial charge in [0.1, 0.15) is 11.5 Å². The van der Waals surface area contributed by atoms with Crippen molar-refractivity contribution in [3.8, 4) is 11.8 Å². The first-order chi connectivity index (χ1) is 9.70. The summed E-state index contributed by atoms with van der Waals surface area (Å²) in [5.74, 6) is 5.14. The molecule has 2 rings (SSSR count). The Morgan fingerprint density at radius 1 is 1.30 bits per heavy atom. The van der Waals surface area contributed by atoms with Gasteiger partial charge in [0.05, 0.1) is 0 Å². The second-order valence-corrected chi connectivity index (χ2v) is 5.28. The number of thiophene rings is 1. The highest BCUT2D eigenvalue weighted by Gasteiger charge is 2.11. The van der Waals surface area contributed by atoms with E-state index >= 15 is 0 Å². The van der Waals surface area contributed by atoms with Crippen molar-refractivity contribution < 1.29 is 9.90 Å². The Kier molecular flexibility index (Phi) is 5.19. The van der Waals surface area contributed by atoms with Crippen molar-refractivity contribution >= 4 is 28.8 Å². The average molecular weight is 306 g/mol. The minimum absolute atomic E-state index is 0.169. The van der Waals surface area contributed by atoms with E-state index in [2.05, 4.69) is 17.2 Å². The van der Waals surface area contributed by atoms with Gasteiger partial charge in [-0.15, -0.1) is 11.3 Å². The van der Waals surface area contributed by atoms with E-state index in [0.29, 0.717) is 22.0 Å². The van der Waals surface area contributed by atoms with Crippen LogP contribution in [0.5, 0.6) is 0 Å². The summed E-state index contributed by atoms with van der Waals surface area (Å²) < 4.78 is 0. The van der Waals surface area contributed by atoms with Gasteiger partial charge >= 0.3 is 0 Å². The first-order valence-corrected chi connectivity index (χ1v) is 7.16. The number of amides is 1. The van der Waals surface area contributed by atoms with E-state index in [1.54, 1.807) is 23.6 Å². The molecule has 5 heteroatoms. The minimum Gasteiger partial charge on any atom is -0.384 e. The molecule has 1 aromatic carbocycles. The molecule has 0 aliphatic heterocycles. The molecule has 0 fully saturated rings. The molecule has 1 heterocycles. The molecule has 1 aromatic heterocycles. The second-order valence-electron chi connectivity index (χ2n) is 3.93. The van der Waals surface area contributed by atoms with Gasteiger partial charge in [0, 0.05) is 17.1 Å². The molecule has 0 aliphatic rings. The van der Waals surface area contributed by atoms with Crippen LogP contribution in [-0.4, -0.2) is 17.6 Å². The monoisotopic (exact) mass is 305 g/mol. The van der Waals surface area contributed by atoms with Crippen LogP contribution in [0.1, 0.15) is 20.8 Å². The molecule has 3 nitrogen and oxygen atoms in total. The second kappa shape index (κ2) is 7.11. The van der Waals surface area contributed by atoms with E-state index in [1.807, 2.05) is 12.1 Å². The summed E-state index contributed by atoms with van der Waals surface area (Å²) in [6.45, 7) is 0.211. The van der Waals surface area contributed by atoms with Crippen LogP contribution in [0.3, 0.4) is 0 Å². The first-order valence-electron chi connectivity index (χ1n) is 5.90. The Hall–Kier alpha value is -1.80. The van der Waals surface area contributed by atoms with Crippen LogP contribution in [0.25, 0.3) is 0 Å². The van der Waals surface area contributed by atoms with Gasteiger partial charge in [-0.1, -0.05) is 35.6 Å². The van der Waals surface area contributed by atoms with Crippen LogP contribution in [0.2, 0.25) is 5.02 Å². The molecule has 0 radical (unpaired) electrons. The Morgan fingerprint density at radius 2 is 2.05 bits per heavy atom. The predicted molar refractivity (Wildman–Crippen MR) is 80.9 cm³/mol. The Labute approximate surface area is 126 Å². The standard InChI is InChI=1S/C15H12ClNO2S/c16-13-5-3-11(4-6-13)10-17-15(19)14-12(2-1-8-18)7-9-20-14/h3-7,9,18H,8,10H2,(H,17,19). The highest BCUT2D eigenvalue weighted by atomic mass is 35.5. The van der Waals surface area contributed by atoms with Gasteiger partial charge < -0.3 is 10.4 Å². The quantitative estimate of drug-likeness (QED) is 0.857. The van der Waals surface area contributed by atoms with Crippen molar-refractivity contribution in [3.63, 3.8) is 0 Å². The molecular weight excluding hydrogens is 294 g/mol. The summed E-state index contributed by atoms with van der Waals surface area (Å²) >= 11 is 7.13. The fourth-order valence-electron chi connectivity index (χ4n) is 1.58. The maximum absolute atomic E-state index is 12.1. The van der Waals surface area contributed by atoms with Gasteiger partial charge in [0.25, 0.3) is 5.91 Å². The number of aliphatic hydroxyl groups excluding tert-OH is 1. The van der Waals surface area contributed by atoms with Gasteiger partial charge in [0.2, 0.25) is 0 Å². The Bertz CT molecular complexity index is 653. The fraction of sp³-hybridized carbons (Fsp3) is 0.133. The van der Waals surface area contributed by atoms with Crippen LogP contribution in [0.15, 0.2) is 35.7 Å². The van der Waals surface area contributed by atoms with Gasteiger partial charge in [-0.05, 0) is 29.1 Å². The number of nitrogens with one attached hydrogen (secondary N) is 1. The van der Waals surface area contributed by atoms with Crippen LogP contribution < -0.4 is 5.32 Å². The van der Waals surface area contributed by atoms with Gasteiger partial charge in [0.15, 0.2) is 0 Å². The molecule has 20 heavy (non-hydrogen) atoms. The highest BCUT2D eigenvalue weighted by molar-refractivity contribution is 7.12. The van der Waals surface area contributed by atoms with Gasteiger partial charge in [-0.3, -0.25) is 4.79 Å². The van der Waals surface area contributed by atoms with Crippen LogP contribution in [0, 0.1) is 11.8 Å². The summed E-state index contributed by atoms with van der Waals surface area (Å²) in [4.78, 5) is 12.6. The number of aliphatic hydroxyl groups is 1. The van der Waals surface area contributed by atoms with Crippen molar-refractivity contribution in [3.05, 3.63) is 56.7 Å². The number of hydrogen-bond donors (Lipinski definition) is 2. The van der Waals surface area contributed by atoms with E-state index in [0.717, 1.165) is 5.56 Å². The molecule has 0 atom stereocenters. The third-order valence-electron chi connectivity index (χ3n) is 2.54. The summed E-state index contributed by atoms with van der Waals surface area (Å²) in [7, 11) is 0. The predicted octanol–water partition coefficient (Wildman–Crippen LogP) is 2.68. The molecule has 0 bridgehead atoms. The lowest BCUT2D eigenvalue weighted by Crippen LogP contribution is -2.22. The van der Waals surface area contributed by atoms with Gasteiger partial charge in [-0.2, -0.15) is 0 Å². The van der Waals surface area contributed by atoms with Crippen LogP contribution >= 0.6 is 22.9 Å². The van der Waals surface area contributed by atoms with Crippen molar-refractivity contribution in [2.75, 3.05) is 6.61 Å². The average Bonchev–Trinajstić information content (AvgIpc) is 2.92. The number of halogens is 1. The Balaban J connectivity index is 2.02. The van der Waals surface area contributed by atoms with E-state index in [4.69, 9.17) is 16.7 Å². The molecule has 0 spiro atoms. The number of carbonyl (C=O) groups excluding carboxylic acids is 1. The maximum atomic E-state index is 12.1. The zero-order valence-corrected chi connectivity index (χ0v) is 12.1. The smallest absolute Gasteiger partial charge is 0.262 e. The zero-order valence-electron chi connectivity index (χ0n) is 10.5. The van der Waals surface area contributed by atoms with Crippen LogP contribution in [0.4, 0.5) is 0 Å². The normalized spacial score (nSPS) is 9.70. The van der Waals surface area contributed by atoms with Crippen molar-refractivity contribution in [1.82, 2.24) is 5.32 Å². The number of hydrogen-bond acceptors (Lipinski definition) is 3. The largest absolute Gasteiger partial charge is 0.384 e. The lowest BCUT2D eigenvalue weighted by molar-refractivity contribution is 0.0955. The molecule has 0 saturated carbocycles. The minimum atomic E-state index is -0.221. The van der Waals surface area contributed by atoms with E-state index in [1.165, 1.54) is 11.3 Å². The Morgan fingerprint density at radius 3 is 2.75 bits per heavy atom. The highest BCUT2D eigenvalue weighted by Crippen LogP contribution is 2.16. The lowest BCUT2D eigenvalue weighted by atomic mass is 10.2. The lowest BCUT2D eigenvalue weighted by Gasteiger charge is -2.04. The summed E-state index contributed by atoms with van der Waals surface area (Å²) in [5.41, 5.74) is 1.61. The molecule has 102 valence electrons. The molecule has 2 aromatic rings. The zero-order chi connectivity index (χ0) is 14.4. The molecule has 2 N–H and O–H groups in total. The third-order valence-corrected chi connectivity index (χ3v) is 3.71. The summed E-state index contributed by atoms with van der Waals surface area (Å²) in [6, 6.07) is 9.07. The maximum Gasteiger partial charge on any atom is 0.262 e. The molecule has 0 unspecified atom stereocenters. The summed E-state index contributed by atoms with van der Waals surface area (Å²) in [5, 5.41) is 14.0. The fourth-order valence-corrected chi connectivity index (χ4v) is 2.47. The molecular formula is C15H12ClNO2S. The topological polar surface area (TPSA) is 49.3 Å².